The van der Waals surface area contributed by atoms with Crippen molar-refractivity contribution in [1.82, 2.24) is 0 Å². The molecule has 0 aliphatic rings. The molecule has 1 aromatic rings. The van der Waals surface area contributed by atoms with Crippen LogP contribution in [0.1, 0.15) is 24.5 Å². The Morgan fingerprint density at radius 2 is 1.75 bits per heavy atom. The van der Waals surface area contributed by atoms with E-state index in [-0.39, 0.29) is 0 Å². The fourth-order valence-corrected chi connectivity index (χ4v) is 1.30. The highest BCUT2D eigenvalue weighted by molar-refractivity contribution is 5.23. The molecular formula is C12H16. The van der Waals surface area contributed by atoms with Gasteiger partial charge in [0.2, 0.25) is 0 Å². The van der Waals surface area contributed by atoms with E-state index in [1.807, 2.05) is 6.08 Å². The van der Waals surface area contributed by atoms with Crippen molar-refractivity contribution in [1.29, 1.82) is 0 Å². The Morgan fingerprint density at radius 1 is 1.17 bits per heavy atom. The maximum Gasteiger partial charge on any atom is -0.0100 e. The van der Waals surface area contributed by atoms with Gasteiger partial charge in [-0.1, -0.05) is 43.7 Å². The molecule has 0 fully saturated rings. The minimum Gasteiger partial charge on any atom is -0.103 e. The normalized spacial score (nSPS) is 9.75. The topological polar surface area (TPSA) is 0 Å². The fraction of sp³-hybridized carbons (Fsp3) is 0.333. The standard InChI is InChI=1S/C12H16/c1-3-5-11-7-9-12(6-4-2)10-8-11/h3,7-10H,1,4-6H2,2H3. The van der Waals surface area contributed by atoms with E-state index in [4.69, 9.17) is 0 Å². The molecule has 0 nitrogen and oxygen atoms in total. The van der Waals surface area contributed by atoms with Gasteiger partial charge in [0.05, 0.1) is 0 Å². The molecule has 0 heterocycles. The van der Waals surface area contributed by atoms with Crippen LogP contribution in [-0.2, 0) is 12.8 Å². The lowest BCUT2D eigenvalue weighted by Gasteiger charge is -1.99. The Morgan fingerprint density at radius 3 is 2.25 bits per heavy atom. The van der Waals surface area contributed by atoms with Crippen molar-refractivity contribution in [2.45, 2.75) is 26.2 Å². The second-order valence-corrected chi connectivity index (χ2v) is 3.06. The molecule has 0 heteroatoms. The van der Waals surface area contributed by atoms with Crippen molar-refractivity contribution in [3.8, 4) is 0 Å². The molecule has 64 valence electrons. The van der Waals surface area contributed by atoms with Crippen molar-refractivity contribution in [2.24, 2.45) is 0 Å². The predicted octanol–water partition coefficient (Wildman–Crippen LogP) is 3.37. The van der Waals surface area contributed by atoms with Crippen LogP contribution in [0.3, 0.4) is 0 Å². The van der Waals surface area contributed by atoms with Crippen LogP contribution in [0.4, 0.5) is 0 Å². The second-order valence-electron chi connectivity index (χ2n) is 3.06. The highest BCUT2D eigenvalue weighted by Gasteiger charge is 1.91. The predicted molar refractivity (Wildman–Crippen MR) is 54.3 cm³/mol. The lowest BCUT2D eigenvalue weighted by molar-refractivity contribution is 0.920. The lowest BCUT2D eigenvalue weighted by atomic mass is 10.1. The zero-order valence-electron chi connectivity index (χ0n) is 7.72. The number of allylic oxidation sites excluding steroid dienone is 1. The van der Waals surface area contributed by atoms with Crippen molar-refractivity contribution in [3.63, 3.8) is 0 Å². The minimum absolute atomic E-state index is 0.979. The Labute approximate surface area is 74.9 Å². The van der Waals surface area contributed by atoms with Gasteiger partial charge in [0.25, 0.3) is 0 Å². The van der Waals surface area contributed by atoms with Gasteiger partial charge in [-0.3, -0.25) is 0 Å². The van der Waals surface area contributed by atoms with E-state index in [0.29, 0.717) is 0 Å². The third-order valence-corrected chi connectivity index (χ3v) is 1.94. The molecule has 0 amide bonds. The van der Waals surface area contributed by atoms with Crippen LogP contribution < -0.4 is 0 Å². The SMILES string of the molecule is C=CCc1ccc(CCC)cc1. The van der Waals surface area contributed by atoms with Crippen molar-refractivity contribution in [2.75, 3.05) is 0 Å². The third-order valence-electron chi connectivity index (χ3n) is 1.94. The number of hydrogen-bond donors (Lipinski definition) is 0. The van der Waals surface area contributed by atoms with Crippen LogP contribution in [-0.4, -0.2) is 0 Å². The van der Waals surface area contributed by atoms with Crippen molar-refractivity contribution < 1.29 is 0 Å². The highest BCUT2D eigenvalue weighted by Crippen LogP contribution is 2.07. The van der Waals surface area contributed by atoms with Gasteiger partial charge in [0, 0.05) is 0 Å². The summed E-state index contributed by atoms with van der Waals surface area (Å²) < 4.78 is 0. The summed E-state index contributed by atoms with van der Waals surface area (Å²) in [6.45, 7) is 5.92. The molecule has 0 aliphatic carbocycles. The number of benzene rings is 1. The molecule has 0 N–H and O–H groups in total. The largest absolute Gasteiger partial charge is 0.103 e. The summed E-state index contributed by atoms with van der Waals surface area (Å²) >= 11 is 0. The van der Waals surface area contributed by atoms with Crippen LogP contribution in [0.25, 0.3) is 0 Å². The van der Waals surface area contributed by atoms with Crippen LogP contribution in [0.2, 0.25) is 0 Å². The third kappa shape index (κ3) is 2.54. The summed E-state index contributed by atoms with van der Waals surface area (Å²) in [5.41, 5.74) is 2.79. The lowest BCUT2D eigenvalue weighted by Crippen LogP contribution is -1.84. The molecular weight excluding hydrogens is 144 g/mol. The van der Waals surface area contributed by atoms with Gasteiger partial charge in [-0.05, 0) is 24.0 Å². The van der Waals surface area contributed by atoms with Gasteiger partial charge in [-0.15, -0.1) is 6.58 Å². The molecule has 0 saturated heterocycles. The molecule has 1 aromatic carbocycles. The van der Waals surface area contributed by atoms with Crippen molar-refractivity contribution in [3.05, 3.63) is 48.0 Å². The maximum atomic E-state index is 3.71. The van der Waals surface area contributed by atoms with Crippen LogP contribution in [0, 0.1) is 0 Å². The van der Waals surface area contributed by atoms with Gasteiger partial charge >= 0.3 is 0 Å². The highest BCUT2D eigenvalue weighted by atomic mass is 14.0. The molecule has 1 rings (SSSR count). The maximum absolute atomic E-state index is 3.71. The fourth-order valence-electron chi connectivity index (χ4n) is 1.30. The Bertz CT molecular complexity index is 231. The summed E-state index contributed by atoms with van der Waals surface area (Å²) in [5, 5.41) is 0. The van der Waals surface area contributed by atoms with Crippen molar-refractivity contribution >= 4 is 0 Å². The summed E-state index contributed by atoms with van der Waals surface area (Å²) in [5.74, 6) is 0. The molecule has 0 atom stereocenters. The van der Waals surface area contributed by atoms with E-state index in [1.165, 1.54) is 24.0 Å². The van der Waals surface area contributed by atoms with Gasteiger partial charge in [0.1, 0.15) is 0 Å². The number of rotatable bonds is 4. The van der Waals surface area contributed by atoms with E-state index in [0.717, 1.165) is 6.42 Å². The first-order chi connectivity index (χ1) is 5.86. The zero-order chi connectivity index (χ0) is 8.81. The summed E-state index contributed by atoms with van der Waals surface area (Å²) in [6.07, 6.45) is 5.33. The van der Waals surface area contributed by atoms with Gasteiger partial charge < -0.3 is 0 Å². The molecule has 0 unspecified atom stereocenters. The quantitative estimate of drug-likeness (QED) is 0.592. The van der Waals surface area contributed by atoms with Gasteiger partial charge in [0.15, 0.2) is 0 Å². The van der Waals surface area contributed by atoms with E-state index in [1.54, 1.807) is 0 Å². The second kappa shape index (κ2) is 4.76. The first kappa shape index (κ1) is 9.05. The smallest absolute Gasteiger partial charge is 0.0100 e. The zero-order valence-corrected chi connectivity index (χ0v) is 7.72. The summed E-state index contributed by atoms with van der Waals surface area (Å²) in [6, 6.07) is 8.80. The van der Waals surface area contributed by atoms with E-state index in [2.05, 4.69) is 37.8 Å². The molecule has 0 bridgehead atoms. The molecule has 0 radical (unpaired) electrons. The molecule has 0 spiro atoms. The molecule has 12 heavy (non-hydrogen) atoms. The van der Waals surface area contributed by atoms with E-state index < -0.39 is 0 Å². The van der Waals surface area contributed by atoms with E-state index >= 15 is 0 Å². The summed E-state index contributed by atoms with van der Waals surface area (Å²) in [4.78, 5) is 0. The molecule has 0 aromatic heterocycles. The molecule has 0 saturated carbocycles. The number of aryl methyl sites for hydroxylation is 1. The Balaban J connectivity index is 2.64. The van der Waals surface area contributed by atoms with Crippen LogP contribution in [0.15, 0.2) is 36.9 Å². The average Bonchev–Trinajstić information content (AvgIpc) is 2.09. The molecule has 0 aliphatic heterocycles. The Hall–Kier alpha value is -1.04. The minimum atomic E-state index is 0.979. The van der Waals surface area contributed by atoms with Gasteiger partial charge in [-0.25, -0.2) is 0 Å². The number of hydrogen-bond acceptors (Lipinski definition) is 0. The van der Waals surface area contributed by atoms with Crippen LogP contribution in [0.5, 0.6) is 0 Å². The Kier molecular flexibility index (Phi) is 3.59. The summed E-state index contributed by atoms with van der Waals surface area (Å²) in [7, 11) is 0. The van der Waals surface area contributed by atoms with Crippen LogP contribution >= 0.6 is 0 Å². The average molecular weight is 160 g/mol. The first-order valence-electron chi connectivity index (χ1n) is 4.55. The monoisotopic (exact) mass is 160 g/mol. The van der Waals surface area contributed by atoms with Gasteiger partial charge in [-0.2, -0.15) is 0 Å². The van der Waals surface area contributed by atoms with E-state index in [9.17, 15) is 0 Å². The first-order valence-corrected chi connectivity index (χ1v) is 4.55.